The molecule has 2 aliphatic heterocycles. The Hall–Kier alpha value is -1.75. The smallest absolute Gasteiger partial charge is 0.231 e. The van der Waals surface area contributed by atoms with Gasteiger partial charge in [0.25, 0.3) is 0 Å². The monoisotopic (exact) mass is 277 g/mol. The van der Waals surface area contributed by atoms with Crippen LogP contribution in [0.5, 0.6) is 11.5 Å². The van der Waals surface area contributed by atoms with Gasteiger partial charge in [0.15, 0.2) is 11.5 Å². The Morgan fingerprint density at radius 2 is 2.00 bits per heavy atom. The van der Waals surface area contributed by atoms with Crippen LogP contribution in [0.1, 0.15) is 18.4 Å². The molecular formula is C15H19NO4. The van der Waals surface area contributed by atoms with E-state index in [-0.39, 0.29) is 18.6 Å². The maximum Gasteiger partial charge on any atom is 0.231 e. The average Bonchev–Trinajstić information content (AvgIpc) is 2.95. The summed E-state index contributed by atoms with van der Waals surface area (Å²) in [6.45, 7) is 2.24. The van der Waals surface area contributed by atoms with Crippen molar-refractivity contribution < 1.29 is 19.0 Å². The fourth-order valence-electron chi connectivity index (χ4n) is 2.65. The lowest BCUT2D eigenvalue weighted by molar-refractivity contribution is -0.137. The van der Waals surface area contributed by atoms with E-state index in [1.165, 1.54) is 0 Å². The summed E-state index contributed by atoms with van der Waals surface area (Å²) in [6, 6.07) is 5.81. The van der Waals surface area contributed by atoms with Crippen LogP contribution in [0.4, 0.5) is 0 Å². The molecule has 0 radical (unpaired) electrons. The number of ether oxygens (including phenoxy) is 3. The Kier molecular flexibility index (Phi) is 3.78. The number of hydrogen-bond donors (Lipinski definition) is 0. The van der Waals surface area contributed by atoms with Crippen molar-refractivity contribution in [3.05, 3.63) is 23.8 Å². The molecule has 1 fully saturated rings. The summed E-state index contributed by atoms with van der Waals surface area (Å²) in [5.41, 5.74) is 1.05. The van der Waals surface area contributed by atoms with E-state index in [1.807, 2.05) is 25.2 Å². The fraction of sp³-hybridized carbons (Fsp3) is 0.533. The van der Waals surface area contributed by atoms with Gasteiger partial charge in [0.2, 0.25) is 12.7 Å². The highest BCUT2D eigenvalue weighted by Crippen LogP contribution is 2.32. The zero-order valence-electron chi connectivity index (χ0n) is 11.6. The summed E-state index contributed by atoms with van der Waals surface area (Å²) in [6.07, 6.45) is 1.65. The topological polar surface area (TPSA) is 48.0 Å². The standard InChI is InChI=1S/C15H19NO4/c1-16(15(17)12-4-6-18-7-5-12)9-11-2-3-13-14(8-11)20-10-19-13/h2-3,8,12H,4-7,9-10H2,1H3. The molecule has 0 N–H and O–H groups in total. The minimum absolute atomic E-state index is 0.0998. The quantitative estimate of drug-likeness (QED) is 0.845. The van der Waals surface area contributed by atoms with Crippen LogP contribution in [0, 0.1) is 5.92 Å². The van der Waals surface area contributed by atoms with Crippen molar-refractivity contribution >= 4 is 5.91 Å². The number of fused-ring (bicyclic) bond motifs is 1. The van der Waals surface area contributed by atoms with Gasteiger partial charge in [-0.25, -0.2) is 0 Å². The Balaban J connectivity index is 1.63. The molecule has 0 aliphatic carbocycles. The number of carbonyl (C=O) groups is 1. The number of rotatable bonds is 3. The van der Waals surface area contributed by atoms with Crippen LogP contribution in [0.15, 0.2) is 18.2 Å². The molecular weight excluding hydrogens is 258 g/mol. The van der Waals surface area contributed by atoms with Crippen LogP contribution >= 0.6 is 0 Å². The molecule has 1 aromatic carbocycles. The van der Waals surface area contributed by atoms with Gasteiger partial charge in [-0.3, -0.25) is 4.79 Å². The summed E-state index contributed by atoms with van der Waals surface area (Å²) < 4.78 is 15.9. The molecule has 3 rings (SSSR count). The van der Waals surface area contributed by atoms with Gasteiger partial charge in [0.1, 0.15) is 0 Å². The van der Waals surface area contributed by atoms with Crippen LogP contribution in [-0.4, -0.2) is 37.9 Å². The van der Waals surface area contributed by atoms with Crippen LogP contribution in [0.2, 0.25) is 0 Å². The van der Waals surface area contributed by atoms with Gasteiger partial charge in [-0.1, -0.05) is 6.07 Å². The van der Waals surface area contributed by atoms with E-state index in [0.29, 0.717) is 19.8 Å². The van der Waals surface area contributed by atoms with Gasteiger partial charge in [-0.05, 0) is 30.5 Å². The lowest BCUT2D eigenvalue weighted by Crippen LogP contribution is -2.35. The van der Waals surface area contributed by atoms with E-state index in [1.54, 1.807) is 4.90 Å². The number of amides is 1. The predicted molar refractivity (Wildman–Crippen MR) is 72.6 cm³/mol. The first-order valence-corrected chi connectivity index (χ1v) is 6.95. The first-order valence-electron chi connectivity index (χ1n) is 6.95. The molecule has 2 heterocycles. The maximum absolute atomic E-state index is 12.4. The van der Waals surface area contributed by atoms with Gasteiger partial charge in [-0.2, -0.15) is 0 Å². The lowest BCUT2D eigenvalue weighted by Gasteiger charge is -2.26. The van der Waals surface area contributed by atoms with Gasteiger partial charge < -0.3 is 19.1 Å². The second kappa shape index (κ2) is 5.71. The highest BCUT2D eigenvalue weighted by atomic mass is 16.7. The first-order chi connectivity index (χ1) is 9.74. The first kappa shape index (κ1) is 13.2. The Labute approximate surface area is 118 Å². The number of nitrogens with zero attached hydrogens (tertiary/aromatic N) is 1. The molecule has 0 bridgehead atoms. The van der Waals surface area contributed by atoms with Crippen molar-refractivity contribution in [2.45, 2.75) is 19.4 Å². The van der Waals surface area contributed by atoms with Gasteiger partial charge in [0.05, 0.1) is 0 Å². The van der Waals surface area contributed by atoms with Gasteiger partial charge in [-0.15, -0.1) is 0 Å². The van der Waals surface area contributed by atoms with Crippen molar-refractivity contribution in [2.24, 2.45) is 5.92 Å². The van der Waals surface area contributed by atoms with Crippen molar-refractivity contribution in [3.8, 4) is 11.5 Å². The van der Waals surface area contributed by atoms with Gasteiger partial charge in [0, 0.05) is 32.7 Å². The molecule has 2 aliphatic rings. The number of carbonyl (C=O) groups excluding carboxylic acids is 1. The molecule has 1 amide bonds. The fourth-order valence-corrected chi connectivity index (χ4v) is 2.65. The van der Waals surface area contributed by atoms with E-state index in [4.69, 9.17) is 14.2 Å². The highest BCUT2D eigenvalue weighted by molar-refractivity contribution is 5.78. The van der Waals surface area contributed by atoms with Crippen molar-refractivity contribution in [1.82, 2.24) is 4.90 Å². The number of hydrogen-bond acceptors (Lipinski definition) is 4. The van der Waals surface area contributed by atoms with E-state index in [9.17, 15) is 4.79 Å². The molecule has 0 aromatic heterocycles. The molecule has 5 nitrogen and oxygen atoms in total. The normalized spacial score (nSPS) is 18.1. The largest absolute Gasteiger partial charge is 0.454 e. The van der Waals surface area contributed by atoms with Gasteiger partial charge >= 0.3 is 0 Å². The predicted octanol–water partition coefficient (Wildman–Crippen LogP) is 1.80. The summed E-state index contributed by atoms with van der Waals surface area (Å²) in [5, 5.41) is 0. The molecule has 20 heavy (non-hydrogen) atoms. The van der Waals surface area contributed by atoms with Crippen LogP contribution in [0.3, 0.4) is 0 Å². The third-order valence-corrected chi connectivity index (χ3v) is 3.80. The minimum atomic E-state index is 0.0998. The van der Waals surface area contributed by atoms with Crippen LogP contribution in [0.25, 0.3) is 0 Å². The zero-order chi connectivity index (χ0) is 13.9. The zero-order valence-corrected chi connectivity index (χ0v) is 11.6. The maximum atomic E-state index is 12.4. The summed E-state index contributed by atoms with van der Waals surface area (Å²) in [7, 11) is 1.85. The third-order valence-electron chi connectivity index (χ3n) is 3.80. The lowest BCUT2D eigenvalue weighted by atomic mass is 9.98. The van der Waals surface area contributed by atoms with E-state index in [0.717, 1.165) is 29.9 Å². The van der Waals surface area contributed by atoms with Crippen LogP contribution < -0.4 is 9.47 Å². The average molecular weight is 277 g/mol. The Morgan fingerprint density at radius 3 is 2.80 bits per heavy atom. The third kappa shape index (κ3) is 2.72. The molecule has 5 heteroatoms. The molecule has 0 saturated carbocycles. The second-order valence-electron chi connectivity index (χ2n) is 5.27. The SMILES string of the molecule is CN(Cc1ccc2c(c1)OCO2)C(=O)C1CCOCC1. The molecule has 1 aromatic rings. The second-order valence-corrected chi connectivity index (χ2v) is 5.27. The molecule has 0 spiro atoms. The summed E-state index contributed by atoms with van der Waals surface area (Å²) in [4.78, 5) is 14.1. The minimum Gasteiger partial charge on any atom is -0.454 e. The molecule has 0 unspecified atom stereocenters. The van der Waals surface area contributed by atoms with E-state index >= 15 is 0 Å². The van der Waals surface area contributed by atoms with E-state index in [2.05, 4.69) is 0 Å². The Bertz CT molecular complexity index is 497. The van der Waals surface area contributed by atoms with Crippen molar-refractivity contribution in [2.75, 3.05) is 27.1 Å². The van der Waals surface area contributed by atoms with Crippen LogP contribution in [-0.2, 0) is 16.1 Å². The molecule has 1 saturated heterocycles. The highest BCUT2D eigenvalue weighted by Gasteiger charge is 2.24. The van der Waals surface area contributed by atoms with Crippen molar-refractivity contribution in [3.63, 3.8) is 0 Å². The van der Waals surface area contributed by atoms with E-state index < -0.39 is 0 Å². The summed E-state index contributed by atoms with van der Waals surface area (Å²) >= 11 is 0. The molecule has 0 atom stereocenters. The molecule has 108 valence electrons. The van der Waals surface area contributed by atoms with Crippen molar-refractivity contribution in [1.29, 1.82) is 0 Å². The summed E-state index contributed by atoms with van der Waals surface area (Å²) in [5.74, 6) is 1.83. The number of benzene rings is 1. The Morgan fingerprint density at radius 1 is 1.25 bits per heavy atom.